The first-order valence-electron chi connectivity index (χ1n) is 7.68. The van der Waals surface area contributed by atoms with Gasteiger partial charge in [-0.2, -0.15) is 11.8 Å². The molecular weight excluding hydrogens is 264 g/mol. The summed E-state index contributed by atoms with van der Waals surface area (Å²) in [6, 6.07) is 9.65. The lowest BCUT2D eigenvalue weighted by molar-refractivity contribution is 0.248. The van der Waals surface area contributed by atoms with Crippen LogP contribution in [0.25, 0.3) is 0 Å². The Hall–Kier alpha value is -0.510. The van der Waals surface area contributed by atoms with E-state index in [-0.39, 0.29) is 0 Å². The van der Waals surface area contributed by atoms with Crippen LogP contribution in [0.15, 0.2) is 24.3 Å². The summed E-state index contributed by atoms with van der Waals surface area (Å²) < 4.78 is 0. The van der Waals surface area contributed by atoms with E-state index in [0.29, 0.717) is 6.04 Å². The molecule has 0 heterocycles. The predicted octanol–water partition coefficient (Wildman–Crippen LogP) is 3.76. The van der Waals surface area contributed by atoms with E-state index in [2.05, 4.69) is 61.6 Å². The van der Waals surface area contributed by atoms with Gasteiger partial charge in [-0.05, 0) is 43.8 Å². The first-order chi connectivity index (χ1) is 9.71. The predicted molar refractivity (Wildman–Crippen MR) is 92.4 cm³/mol. The van der Waals surface area contributed by atoms with Gasteiger partial charge in [0, 0.05) is 24.9 Å². The van der Waals surface area contributed by atoms with Gasteiger partial charge in [0.05, 0.1) is 0 Å². The van der Waals surface area contributed by atoms with Gasteiger partial charge in [0.15, 0.2) is 0 Å². The second-order valence-corrected chi connectivity index (χ2v) is 6.34. The summed E-state index contributed by atoms with van der Waals surface area (Å²) in [5.41, 5.74) is 2.81. The maximum Gasteiger partial charge on any atom is 0.0234 e. The van der Waals surface area contributed by atoms with E-state index in [9.17, 15) is 0 Å². The average molecular weight is 295 g/mol. The van der Waals surface area contributed by atoms with Crippen molar-refractivity contribution >= 4 is 11.8 Å². The maximum absolute atomic E-state index is 3.47. The van der Waals surface area contributed by atoms with Crippen LogP contribution < -0.4 is 5.32 Å². The summed E-state index contributed by atoms with van der Waals surface area (Å²) in [7, 11) is 2.24. The highest BCUT2D eigenvalue weighted by Crippen LogP contribution is 2.13. The molecule has 0 amide bonds. The molecule has 0 bridgehead atoms. The van der Waals surface area contributed by atoms with Crippen molar-refractivity contribution in [3.63, 3.8) is 0 Å². The van der Waals surface area contributed by atoms with Crippen LogP contribution in [-0.4, -0.2) is 36.5 Å². The van der Waals surface area contributed by atoms with Crippen LogP contribution in [-0.2, 0) is 13.1 Å². The van der Waals surface area contributed by atoms with Gasteiger partial charge >= 0.3 is 0 Å². The fourth-order valence-electron chi connectivity index (χ4n) is 2.41. The normalized spacial score (nSPS) is 12.8. The molecule has 1 N–H and O–H groups in total. The number of rotatable bonds is 10. The van der Waals surface area contributed by atoms with Crippen molar-refractivity contribution in [2.24, 2.45) is 0 Å². The largest absolute Gasteiger partial charge is 0.313 e. The fourth-order valence-corrected chi connectivity index (χ4v) is 3.29. The van der Waals surface area contributed by atoms with Crippen molar-refractivity contribution in [2.75, 3.05) is 25.6 Å². The summed E-state index contributed by atoms with van der Waals surface area (Å²) in [4.78, 5) is 2.48. The van der Waals surface area contributed by atoms with Crippen molar-refractivity contribution in [3.8, 4) is 0 Å². The van der Waals surface area contributed by atoms with Crippen molar-refractivity contribution in [1.82, 2.24) is 10.2 Å². The number of nitrogens with zero attached hydrogens (tertiary/aromatic N) is 1. The van der Waals surface area contributed by atoms with E-state index in [4.69, 9.17) is 0 Å². The second-order valence-electron chi connectivity index (χ2n) is 5.43. The van der Waals surface area contributed by atoms with Gasteiger partial charge < -0.3 is 5.32 Å². The molecule has 3 heteroatoms. The lowest BCUT2D eigenvalue weighted by atomic mass is 10.1. The van der Waals surface area contributed by atoms with Crippen LogP contribution >= 0.6 is 11.8 Å². The molecule has 114 valence electrons. The number of benzene rings is 1. The van der Waals surface area contributed by atoms with Crippen molar-refractivity contribution < 1.29 is 0 Å². The molecular formula is C17H30N2S. The van der Waals surface area contributed by atoms with Gasteiger partial charge in [-0.3, -0.25) is 4.90 Å². The summed E-state index contributed by atoms with van der Waals surface area (Å²) in [6.45, 7) is 7.60. The zero-order valence-electron chi connectivity index (χ0n) is 13.5. The molecule has 0 aromatic heterocycles. The van der Waals surface area contributed by atoms with Crippen LogP contribution in [0.3, 0.4) is 0 Å². The first kappa shape index (κ1) is 17.5. The lowest BCUT2D eigenvalue weighted by Crippen LogP contribution is -2.32. The monoisotopic (exact) mass is 294 g/mol. The van der Waals surface area contributed by atoms with Gasteiger partial charge in [-0.25, -0.2) is 0 Å². The Bertz CT molecular complexity index is 368. The van der Waals surface area contributed by atoms with Gasteiger partial charge in [0.2, 0.25) is 0 Å². The molecule has 20 heavy (non-hydrogen) atoms. The first-order valence-corrected chi connectivity index (χ1v) is 9.08. The Morgan fingerprint density at radius 3 is 2.65 bits per heavy atom. The maximum atomic E-state index is 3.47. The van der Waals surface area contributed by atoms with E-state index in [1.54, 1.807) is 0 Å². The zero-order chi connectivity index (χ0) is 14.8. The van der Waals surface area contributed by atoms with Gasteiger partial charge in [-0.1, -0.05) is 38.1 Å². The molecule has 0 aliphatic rings. The number of hydrogen-bond donors (Lipinski definition) is 1. The molecule has 0 aliphatic heterocycles. The van der Waals surface area contributed by atoms with Crippen LogP contribution in [0.4, 0.5) is 0 Å². The molecule has 1 aromatic rings. The smallest absolute Gasteiger partial charge is 0.0234 e. The molecule has 0 aliphatic carbocycles. The molecule has 1 rings (SSSR count). The van der Waals surface area contributed by atoms with Gasteiger partial charge in [-0.15, -0.1) is 0 Å². The number of thioether (sulfide) groups is 1. The highest BCUT2D eigenvalue weighted by Gasteiger charge is 2.12. The molecule has 0 fully saturated rings. The molecule has 0 saturated carbocycles. The van der Waals surface area contributed by atoms with Crippen molar-refractivity contribution in [2.45, 2.75) is 45.8 Å². The third kappa shape index (κ3) is 6.29. The minimum atomic E-state index is 0.673. The van der Waals surface area contributed by atoms with Crippen LogP contribution in [0.1, 0.15) is 37.8 Å². The third-order valence-electron chi connectivity index (χ3n) is 3.63. The van der Waals surface area contributed by atoms with Crippen LogP contribution in [0.5, 0.6) is 0 Å². The number of nitrogens with one attached hydrogen (secondary N) is 1. The molecule has 1 aromatic carbocycles. The summed E-state index contributed by atoms with van der Waals surface area (Å²) in [5, 5.41) is 3.47. The Labute approximate surface area is 129 Å². The standard InChI is InChI=1S/C17H30N2S/c1-5-10-18-12-15-8-7-9-16(11-15)13-19(3)17(6-2)14-20-4/h7-9,11,17-18H,5-6,10,12-14H2,1-4H3. The fraction of sp³-hybridized carbons (Fsp3) is 0.647. The highest BCUT2D eigenvalue weighted by molar-refractivity contribution is 7.98. The van der Waals surface area contributed by atoms with Crippen molar-refractivity contribution in [3.05, 3.63) is 35.4 Å². The molecule has 0 saturated heterocycles. The number of hydrogen-bond acceptors (Lipinski definition) is 3. The zero-order valence-corrected chi connectivity index (χ0v) is 14.3. The van der Waals surface area contributed by atoms with Gasteiger partial charge in [0.25, 0.3) is 0 Å². The summed E-state index contributed by atoms with van der Waals surface area (Å²) in [6.07, 6.45) is 4.60. The average Bonchev–Trinajstić information content (AvgIpc) is 2.45. The topological polar surface area (TPSA) is 15.3 Å². The van der Waals surface area contributed by atoms with Crippen LogP contribution in [0.2, 0.25) is 0 Å². The summed E-state index contributed by atoms with van der Waals surface area (Å²) in [5.74, 6) is 1.21. The Morgan fingerprint density at radius 2 is 2.00 bits per heavy atom. The molecule has 2 nitrogen and oxygen atoms in total. The minimum absolute atomic E-state index is 0.673. The Kier molecular flexibility index (Phi) is 8.99. The van der Waals surface area contributed by atoms with Gasteiger partial charge in [0.1, 0.15) is 0 Å². The van der Waals surface area contributed by atoms with E-state index >= 15 is 0 Å². The quantitative estimate of drug-likeness (QED) is 0.662. The SMILES string of the molecule is CCCNCc1cccc(CN(C)C(CC)CSC)c1. The van der Waals surface area contributed by atoms with Crippen molar-refractivity contribution in [1.29, 1.82) is 0 Å². The summed E-state index contributed by atoms with van der Waals surface area (Å²) >= 11 is 1.94. The third-order valence-corrected chi connectivity index (χ3v) is 4.35. The highest BCUT2D eigenvalue weighted by atomic mass is 32.2. The van der Waals surface area contributed by atoms with E-state index in [1.807, 2.05) is 11.8 Å². The molecule has 1 unspecified atom stereocenters. The lowest BCUT2D eigenvalue weighted by Gasteiger charge is -2.26. The van der Waals surface area contributed by atoms with E-state index in [1.165, 1.54) is 29.7 Å². The Morgan fingerprint density at radius 1 is 1.25 bits per heavy atom. The molecule has 0 spiro atoms. The van der Waals surface area contributed by atoms with E-state index < -0.39 is 0 Å². The molecule has 1 atom stereocenters. The molecule has 0 radical (unpaired) electrons. The van der Waals surface area contributed by atoms with Crippen LogP contribution in [0, 0.1) is 0 Å². The second kappa shape index (κ2) is 10.3. The minimum Gasteiger partial charge on any atom is -0.313 e. The van der Waals surface area contributed by atoms with E-state index in [0.717, 1.165) is 19.6 Å². The Balaban J connectivity index is 2.55.